The monoisotopic (exact) mass is 326 g/mol. The van der Waals surface area contributed by atoms with Gasteiger partial charge in [-0.2, -0.15) is 0 Å². The van der Waals surface area contributed by atoms with Crippen molar-refractivity contribution in [3.05, 3.63) is 47.3 Å². The minimum atomic E-state index is -0.0377. The van der Waals surface area contributed by atoms with Gasteiger partial charge in [-0.25, -0.2) is 9.97 Å². The molecule has 5 heteroatoms. The second-order valence-electron chi connectivity index (χ2n) is 5.98. The molecule has 1 heterocycles. The van der Waals surface area contributed by atoms with Crippen LogP contribution < -0.4 is 5.32 Å². The summed E-state index contributed by atoms with van der Waals surface area (Å²) in [6, 6.07) is 7.76. The van der Waals surface area contributed by atoms with Crippen molar-refractivity contribution in [2.45, 2.75) is 40.5 Å². The Hall–Kier alpha value is -2.43. The van der Waals surface area contributed by atoms with Crippen LogP contribution in [0.5, 0.6) is 0 Å². The second-order valence-corrected chi connectivity index (χ2v) is 5.98. The third-order valence-electron chi connectivity index (χ3n) is 3.91. The molecule has 0 aliphatic carbocycles. The zero-order valence-electron chi connectivity index (χ0n) is 15.0. The average Bonchev–Trinajstić information content (AvgIpc) is 2.58. The van der Waals surface area contributed by atoms with E-state index in [4.69, 9.17) is 0 Å². The lowest BCUT2D eigenvalue weighted by Crippen LogP contribution is -2.33. The second kappa shape index (κ2) is 8.43. The molecule has 0 fully saturated rings. The summed E-state index contributed by atoms with van der Waals surface area (Å²) in [7, 11) is 0. The predicted molar refractivity (Wildman–Crippen MR) is 97.7 cm³/mol. The van der Waals surface area contributed by atoms with E-state index in [0.29, 0.717) is 11.6 Å². The van der Waals surface area contributed by atoms with Crippen LogP contribution in [0.1, 0.15) is 48.3 Å². The van der Waals surface area contributed by atoms with Crippen molar-refractivity contribution in [2.75, 3.05) is 18.4 Å². The van der Waals surface area contributed by atoms with Crippen molar-refractivity contribution in [1.29, 1.82) is 0 Å². The number of benzene rings is 1. The SMILES string of the molecule is CCCN(CCC)C(=O)c1ccnc(Nc2ccc(C)c(C)c2)n1. The fourth-order valence-corrected chi connectivity index (χ4v) is 2.50. The molecule has 0 aliphatic heterocycles. The maximum absolute atomic E-state index is 12.6. The third-order valence-corrected chi connectivity index (χ3v) is 3.91. The highest BCUT2D eigenvalue weighted by Gasteiger charge is 2.16. The summed E-state index contributed by atoms with van der Waals surface area (Å²) in [4.78, 5) is 23.1. The van der Waals surface area contributed by atoms with Crippen LogP contribution in [-0.2, 0) is 0 Å². The van der Waals surface area contributed by atoms with E-state index in [1.54, 1.807) is 12.3 Å². The zero-order chi connectivity index (χ0) is 17.5. The number of aromatic nitrogens is 2. The summed E-state index contributed by atoms with van der Waals surface area (Å²) < 4.78 is 0. The van der Waals surface area contributed by atoms with Gasteiger partial charge in [0.15, 0.2) is 0 Å². The molecule has 1 amide bonds. The molecule has 5 nitrogen and oxygen atoms in total. The van der Waals surface area contributed by atoms with E-state index in [-0.39, 0.29) is 5.91 Å². The molecule has 1 aromatic carbocycles. The van der Waals surface area contributed by atoms with Gasteiger partial charge in [-0.05, 0) is 56.0 Å². The van der Waals surface area contributed by atoms with Crippen LogP contribution in [0.25, 0.3) is 0 Å². The van der Waals surface area contributed by atoms with Crippen LogP contribution in [0.15, 0.2) is 30.5 Å². The number of nitrogens with zero attached hydrogens (tertiary/aromatic N) is 3. The van der Waals surface area contributed by atoms with Gasteiger partial charge in [0.1, 0.15) is 5.69 Å². The first-order valence-corrected chi connectivity index (χ1v) is 8.51. The van der Waals surface area contributed by atoms with Crippen LogP contribution >= 0.6 is 0 Å². The van der Waals surface area contributed by atoms with E-state index >= 15 is 0 Å². The Kier molecular flexibility index (Phi) is 6.29. The number of anilines is 2. The van der Waals surface area contributed by atoms with Crippen LogP contribution in [0.3, 0.4) is 0 Å². The summed E-state index contributed by atoms with van der Waals surface area (Å²) in [6.45, 7) is 9.78. The van der Waals surface area contributed by atoms with Crippen molar-refractivity contribution in [2.24, 2.45) is 0 Å². The van der Waals surface area contributed by atoms with E-state index in [2.05, 4.69) is 49.0 Å². The van der Waals surface area contributed by atoms with Gasteiger partial charge in [0.2, 0.25) is 5.95 Å². The number of rotatable bonds is 7. The normalized spacial score (nSPS) is 10.5. The molecule has 1 N–H and O–H groups in total. The van der Waals surface area contributed by atoms with E-state index in [0.717, 1.165) is 31.6 Å². The number of hydrogen-bond acceptors (Lipinski definition) is 4. The molecule has 0 unspecified atom stereocenters. The van der Waals surface area contributed by atoms with Crippen molar-refractivity contribution < 1.29 is 4.79 Å². The first kappa shape index (κ1) is 17.9. The lowest BCUT2D eigenvalue weighted by atomic mass is 10.1. The number of carbonyl (C=O) groups excluding carboxylic acids is 1. The third kappa shape index (κ3) is 4.54. The molecule has 0 atom stereocenters. The number of amides is 1. The zero-order valence-corrected chi connectivity index (χ0v) is 15.0. The van der Waals surface area contributed by atoms with Crippen LogP contribution in [0.2, 0.25) is 0 Å². The van der Waals surface area contributed by atoms with E-state index in [9.17, 15) is 4.79 Å². The average molecular weight is 326 g/mol. The van der Waals surface area contributed by atoms with E-state index < -0.39 is 0 Å². The Morgan fingerprint density at radius 3 is 2.42 bits per heavy atom. The van der Waals surface area contributed by atoms with Crippen molar-refractivity contribution in [3.63, 3.8) is 0 Å². The van der Waals surface area contributed by atoms with Gasteiger partial charge >= 0.3 is 0 Å². The van der Waals surface area contributed by atoms with Crippen LogP contribution in [0, 0.1) is 13.8 Å². The molecule has 0 saturated carbocycles. The summed E-state index contributed by atoms with van der Waals surface area (Å²) in [5, 5.41) is 3.18. The minimum Gasteiger partial charge on any atom is -0.337 e. The Balaban J connectivity index is 2.18. The molecule has 24 heavy (non-hydrogen) atoms. The van der Waals surface area contributed by atoms with Gasteiger partial charge in [0, 0.05) is 25.0 Å². The largest absolute Gasteiger partial charge is 0.337 e. The van der Waals surface area contributed by atoms with Crippen LogP contribution in [0.4, 0.5) is 11.6 Å². The molecule has 128 valence electrons. The van der Waals surface area contributed by atoms with E-state index in [1.165, 1.54) is 11.1 Å². The number of carbonyl (C=O) groups is 1. The number of aryl methyl sites for hydroxylation is 2. The molecule has 0 aliphatic rings. The fourth-order valence-electron chi connectivity index (χ4n) is 2.50. The van der Waals surface area contributed by atoms with Gasteiger partial charge in [0.05, 0.1) is 0 Å². The summed E-state index contributed by atoms with van der Waals surface area (Å²) in [5.74, 6) is 0.404. The molecule has 2 aromatic rings. The standard InChI is InChI=1S/C19H26N4O/c1-5-11-23(12-6-2)18(24)17-9-10-20-19(22-17)21-16-8-7-14(3)15(4)13-16/h7-10,13H,5-6,11-12H2,1-4H3,(H,20,21,22). The van der Waals surface area contributed by atoms with Crippen molar-refractivity contribution in [1.82, 2.24) is 14.9 Å². The predicted octanol–water partition coefficient (Wildman–Crippen LogP) is 4.10. The van der Waals surface area contributed by atoms with Gasteiger partial charge in [0.25, 0.3) is 5.91 Å². The Morgan fingerprint density at radius 1 is 1.08 bits per heavy atom. The van der Waals surface area contributed by atoms with Crippen LogP contribution in [-0.4, -0.2) is 33.9 Å². The first-order chi connectivity index (χ1) is 11.5. The highest BCUT2D eigenvalue weighted by atomic mass is 16.2. The summed E-state index contributed by atoms with van der Waals surface area (Å²) in [6.07, 6.45) is 3.49. The Bertz CT molecular complexity index is 694. The van der Waals surface area contributed by atoms with Gasteiger partial charge < -0.3 is 10.2 Å². The highest BCUT2D eigenvalue weighted by molar-refractivity contribution is 5.92. The maximum atomic E-state index is 12.6. The van der Waals surface area contributed by atoms with Gasteiger partial charge in [-0.3, -0.25) is 4.79 Å². The Morgan fingerprint density at radius 2 is 1.79 bits per heavy atom. The quantitative estimate of drug-likeness (QED) is 0.832. The molecule has 0 spiro atoms. The minimum absolute atomic E-state index is 0.0377. The lowest BCUT2D eigenvalue weighted by Gasteiger charge is -2.21. The molecule has 1 aromatic heterocycles. The van der Waals surface area contributed by atoms with E-state index in [1.807, 2.05) is 17.0 Å². The summed E-state index contributed by atoms with van der Waals surface area (Å²) in [5.41, 5.74) is 3.78. The first-order valence-electron chi connectivity index (χ1n) is 8.51. The highest BCUT2D eigenvalue weighted by Crippen LogP contribution is 2.17. The Labute approximate surface area is 144 Å². The molecule has 0 radical (unpaired) electrons. The molecule has 2 rings (SSSR count). The lowest BCUT2D eigenvalue weighted by molar-refractivity contribution is 0.0749. The molecule has 0 bridgehead atoms. The molecule has 0 saturated heterocycles. The fraction of sp³-hybridized carbons (Fsp3) is 0.421. The topological polar surface area (TPSA) is 58.1 Å². The molecular weight excluding hydrogens is 300 g/mol. The van der Waals surface area contributed by atoms with Gasteiger partial charge in [-0.1, -0.05) is 19.9 Å². The number of nitrogens with one attached hydrogen (secondary N) is 1. The van der Waals surface area contributed by atoms with Gasteiger partial charge in [-0.15, -0.1) is 0 Å². The smallest absolute Gasteiger partial charge is 0.272 e. The number of hydrogen-bond donors (Lipinski definition) is 1. The van der Waals surface area contributed by atoms with Crippen molar-refractivity contribution >= 4 is 17.5 Å². The van der Waals surface area contributed by atoms with Crippen molar-refractivity contribution in [3.8, 4) is 0 Å². The maximum Gasteiger partial charge on any atom is 0.272 e. The summed E-state index contributed by atoms with van der Waals surface area (Å²) >= 11 is 0. The molecular formula is C19H26N4O.